The van der Waals surface area contributed by atoms with Gasteiger partial charge in [0.15, 0.2) is 5.78 Å². The summed E-state index contributed by atoms with van der Waals surface area (Å²) in [5.74, 6) is 1.24. The number of carbonyl (C=O) groups is 2. The summed E-state index contributed by atoms with van der Waals surface area (Å²) in [6.07, 6.45) is 2.49. The lowest BCUT2D eigenvalue weighted by atomic mass is 9.80. The highest BCUT2D eigenvalue weighted by Crippen LogP contribution is 2.49. The van der Waals surface area contributed by atoms with E-state index in [4.69, 9.17) is 9.15 Å². The largest absolute Gasteiger partial charge is 0.496 e. The molecule has 6 rings (SSSR count). The predicted octanol–water partition coefficient (Wildman–Crippen LogP) is 6.89. The number of urea groups is 1. The average Bonchev–Trinajstić information content (AvgIpc) is 3.44. The number of Topliss-reactive ketones (excluding diaryl/α,β-unsaturated/α-hetero) is 1. The Labute approximate surface area is 220 Å². The number of hydrogen-bond donors (Lipinski definition) is 2. The van der Waals surface area contributed by atoms with Crippen LogP contribution in [0.15, 0.2) is 113 Å². The van der Waals surface area contributed by atoms with E-state index in [-0.39, 0.29) is 24.2 Å². The van der Waals surface area contributed by atoms with Gasteiger partial charge in [-0.2, -0.15) is 0 Å². The van der Waals surface area contributed by atoms with Gasteiger partial charge in [-0.05, 0) is 48.9 Å². The molecular weight excluding hydrogens is 478 g/mol. The number of allylic oxidation sites excluding steroid dienone is 1. The molecule has 38 heavy (non-hydrogen) atoms. The normalized spacial score (nSPS) is 18.7. The van der Waals surface area contributed by atoms with Crippen molar-refractivity contribution in [1.29, 1.82) is 0 Å². The molecule has 1 aliphatic carbocycles. The number of nitrogens with one attached hydrogen (secondary N) is 2. The Hall–Kier alpha value is -4.78. The Morgan fingerprint density at radius 3 is 2.50 bits per heavy atom. The van der Waals surface area contributed by atoms with Crippen molar-refractivity contribution in [2.24, 2.45) is 0 Å². The van der Waals surface area contributed by atoms with Gasteiger partial charge in [0.1, 0.15) is 11.5 Å². The number of ketones is 1. The van der Waals surface area contributed by atoms with Crippen LogP contribution >= 0.6 is 0 Å². The lowest BCUT2D eigenvalue weighted by molar-refractivity contribution is -0.116. The van der Waals surface area contributed by atoms with E-state index >= 15 is 0 Å². The zero-order chi connectivity index (χ0) is 26.1. The van der Waals surface area contributed by atoms with Crippen molar-refractivity contribution in [1.82, 2.24) is 0 Å². The van der Waals surface area contributed by atoms with Gasteiger partial charge in [-0.1, -0.05) is 48.5 Å². The molecule has 3 aromatic carbocycles. The molecule has 2 heterocycles. The molecule has 0 bridgehead atoms. The van der Waals surface area contributed by atoms with E-state index < -0.39 is 6.04 Å². The van der Waals surface area contributed by atoms with Crippen LogP contribution in [0.2, 0.25) is 0 Å². The zero-order valence-electron chi connectivity index (χ0n) is 20.9. The van der Waals surface area contributed by atoms with Crippen LogP contribution in [0.4, 0.5) is 21.9 Å². The molecule has 2 aliphatic rings. The SMILES string of the molecule is COc1ccccc1[C@@H]1C2=C(C[C@@H](c3ccco3)CC2=O)Nc2ccccc2N1C(=O)Nc1ccccc1. The fraction of sp³-hybridized carbons (Fsp3) is 0.161. The number of ether oxygens (including phenoxy) is 1. The number of fused-ring (bicyclic) bond motifs is 1. The van der Waals surface area contributed by atoms with Crippen molar-refractivity contribution in [2.75, 3.05) is 22.6 Å². The van der Waals surface area contributed by atoms with Crippen molar-refractivity contribution in [2.45, 2.75) is 24.8 Å². The van der Waals surface area contributed by atoms with Gasteiger partial charge in [-0.3, -0.25) is 9.69 Å². The summed E-state index contributed by atoms with van der Waals surface area (Å²) in [7, 11) is 1.60. The van der Waals surface area contributed by atoms with Crippen molar-refractivity contribution >= 4 is 28.9 Å². The second-order valence-electron chi connectivity index (χ2n) is 9.39. The number of anilines is 3. The molecule has 4 aromatic rings. The van der Waals surface area contributed by atoms with E-state index in [1.165, 1.54) is 0 Å². The Kier molecular flexibility index (Phi) is 6.17. The summed E-state index contributed by atoms with van der Waals surface area (Å²) < 4.78 is 11.4. The fourth-order valence-corrected chi connectivity index (χ4v) is 5.43. The summed E-state index contributed by atoms with van der Waals surface area (Å²) in [6.45, 7) is 0. The Morgan fingerprint density at radius 2 is 1.71 bits per heavy atom. The molecule has 7 nitrogen and oxygen atoms in total. The lowest BCUT2D eigenvalue weighted by Gasteiger charge is -2.35. The van der Waals surface area contributed by atoms with Crippen LogP contribution in [-0.4, -0.2) is 18.9 Å². The number of hydrogen-bond acceptors (Lipinski definition) is 5. The number of para-hydroxylation sites is 4. The van der Waals surface area contributed by atoms with E-state index in [0.29, 0.717) is 29.1 Å². The van der Waals surface area contributed by atoms with Crippen LogP contribution in [0.3, 0.4) is 0 Å². The second kappa shape index (κ2) is 9.94. The number of rotatable bonds is 4. The number of nitrogens with zero attached hydrogens (tertiary/aromatic N) is 1. The first-order valence-electron chi connectivity index (χ1n) is 12.6. The van der Waals surface area contributed by atoms with Crippen molar-refractivity contribution < 1.29 is 18.7 Å². The van der Waals surface area contributed by atoms with Crippen LogP contribution < -0.4 is 20.3 Å². The van der Waals surface area contributed by atoms with Crippen LogP contribution in [0.1, 0.15) is 36.1 Å². The first-order valence-corrected chi connectivity index (χ1v) is 12.6. The smallest absolute Gasteiger partial charge is 0.327 e. The van der Waals surface area contributed by atoms with Crippen LogP contribution in [0.5, 0.6) is 5.75 Å². The summed E-state index contributed by atoms with van der Waals surface area (Å²) >= 11 is 0. The predicted molar refractivity (Wildman–Crippen MR) is 146 cm³/mol. The standard InChI is InChI=1S/C31H27N3O4/c1-37-28-15-8-5-12-22(28)30-29-24(18-20(19-26(29)35)27-16-9-17-38-27)33-23-13-6-7-14-25(23)34(30)31(36)32-21-10-3-2-4-11-21/h2-17,20,30,33H,18-19H2,1H3,(H,32,36)/t20-,30-/m1/s1. The minimum absolute atomic E-state index is 0.0404. The number of furan rings is 1. The van der Waals surface area contributed by atoms with Gasteiger partial charge in [0.2, 0.25) is 0 Å². The summed E-state index contributed by atoms with van der Waals surface area (Å²) in [4.78, 5) is 29.8. The van der Waals surface area contributed by atoms with Crippen molar-refractivity contribution in [3.05, 3.63) is 120 Å². The molecule has 0 saturated heterocycles. The Bertz CT molecular complexity index is 1510. The Balaban J connectivity index is 1.55. The minimum Gasteiger partial charge on any atom is -0.496 e. The molecule has 7 heteroatoms. The molecule has 2 atom stereocenters. The zero-order valence-corrected chi connectivity index (χ0v) is 20.9. The third kappa shape index (κ3) is 4.22. The van der Waals surface area contributed by atoms with Crippen LogP contribution in [0, 0.1) is 0 Å². The highest BCUT2D eigenvalue weighted by Gasteiger charge is 2.43. The van der Waals surface area contributed by atoms with E-state index in [9.17, 15) is 9.59 Å². The molecule has 1 aliphatic heterocycles. The Morgan fingerprint density at radius 1 is 0.947 bits per heavy atom. The monoisotopic (exact) mass is 505 g/mol. The van der Waals surface area contributed by atoms with Gasteiger partial charge in [0.05, 0.1) is 30.8 Å². The topological polar surface area (TPSA) is 83.8 Å². The molecule has 0 saturated carbocycles. The molecular formula is C31H27N3O4. The van der Waals surface area contributed by atoms with Gasteiger partial charge in [-0.25, -0.2) is 4.79 Å². The third-order valence-corrected chi connectivity index (χ3v) is 7.11. The number of carbonyl (C=O) groups excluding carboxylic acids is 2. The molecule has 0 radical (unpaired) electrons. The molecule has 1 aromatic heterocycles. The maximum Gasteiger partial charge on any atom is 0.327 e. The fourth-order valence-electron chi connectivity index (χ4n) is 5.43. The number of benzene rings is 3. The lowest BCUT2D eigenvalue weighted by Crippen LogP contribution is -2.41. The van der Waals surface area contributed by atoms with E-state index in [1.807, 2.05) is 91.0 Å². The van der Waals surface area contributed by atoms with E-state index in [1.54, 1.807) is 18.3 Å². The maximum absolute atomic E-state index is 14.1. The average molecular weight is 506 g/mol. The van der Waals surface area contributed by atoms with Crippen LogP contribution in [0.25, 0.3) is 0 Å². The molecule has 190 valence electrons. The van der Waals surface area contributed by atoms with E-state index in [0.717, 1.165) is 22.7 Å². The summed E-state index contributed by atoms with van der Waals surface area (Å²) in [5, 5.41) is 6.55. The molecule has 0 unspecified atom stereocenters. The van der Waals surface area contributed by atoms with E-state index in [2.05, 4.69) is 10.6 Å². The van der Waals surface area contributed by atoms with Gasteiger partial charge in [0, 0.05) is 34.9 Å². The van der Waals surface area contributed by atoms with Crippen molar-refractivity contribution in [3.8, 4) is 5.75 Å². The highest BCUT2D eigenvalue weighted by molar-refractivity contribution is 6.09. The third-order valence-electron chi connectivity index (χ3n) is 7.11. The molecule has 2 N–H and O–H groups in total. The number of methoxy groups -OCH3 is 1. The summed E-state index contributed by atoms with van der Waals surface area (Å²) in [5.41, 5.74) is 4.13. The maximum atomic E-state index is 14.1. The molecule has 2 amide bonds. The van der Waals surface area contributed by atoms with Gasteiger partial charge in [-0.15, -0.1) is 0 Å². The van der Waals surface area contributed by atoms with Crippen LogP contribution in [-0.2, 0) is 4.79 Å². The quantitative estimate of drug-likeness (QED) is 0.315. The first-order chi connectivity index (χ1) is 18.6. The van der Waals surface area contributed by atoms with Gasteiger partial charge >= 0.3 is 6.03 Å². The highest BCUT2D eigenvalue weighted by atomic mass is 16.5. The summed E-state index contributed by atoms with van der Waals surface area (Å²) in [6, 6.07) is 27.1. The van der Waals surface area contributed by atoms with Gasteiger partial charge in [0.25, 0.3) is 0 Å². The first kappa shape index (κ1) is 23.6. The minimum atomic E-state index is -0.717. The second-order valence-corrected chi connectivity index (χ2v) is 9.39. The van der Waals surface area contributed by atoms with Crippen molar-refractivity contribution in [3.63, 3.8) is 0 Å². The van der Waals surface area contributed by atoms with Gasteiger partial charge < -0.3 is 19.8 Å². The molecule has 0 fully saturated rings. The molecule has 0 spiro atoms. The number of amides is 2.